The van der Waals surface area contributed by atoms with E-state index < -0.39 is 11.9 Å². The summed E-state index contributed by atoms with van der Waals surface area (Å²) in [7, 11) is 1.65. The SMILES string of the molecule is CCCCOCC(O)CN(CCOC)Cc1c(CC)nn(-c2ccccc2)c1Oc1ccccc1F. The van der Waals surface area contributed by atoms with Gasteiger partial charge in [-0.3, -0.25) is 4.90 Å². The van der Waals surface area contributed by atoms with Gasteiger partial charge in [0, 0.05) is 33.4 Å². The maximum atomic E-state index is 14.6. The Bertz CT molecular complexity index is 1040. The first kappa shape index (κ1) is 27.8. The van der Waals surface area contributed by atoms with Crippen molar-refractivity contribution in [2.24, 2.45) is 0 Å². The van der Waals surface area contributed by atoms with Gasteiger partial charge in [0.1, 0.15) is 0 Å². The van der Waals surface area contributed by atoms with E-state index in [4.69, 9.17) is 19.3 Å². The number of nitrogens with zero attached hydrogens (tertiary/aromatic N) is 3. The summed E-state index contributed by atoms with van der Waals surface area (Å²) in [6, 6.07) is 16.0. The number of benzene rings is 2. The molecule has 1 N–H and O–H groups in total. The van der Waals surface area contributed by atoms with Crippen molar-refractivity contribution in [1.29, 1.82) is 0 Å². The molecule has 0 fully saturated rings. The molecule has 1 heterocycles. The number of rotatable bonds is 16. The van der Waals surface area contributed by atoms with Crippen LogP contribution in [0.4, 0.5) is 4.39 Å². The lowest BCUT2D eigenvalue weighted by atomic mass is 10.1. The zero-order valence-corrected chi connectivity index (χ0v) is 21.5. The first-order valence-electron chi connectivity index (χ1n) is 12.6. The molecule has 0 aliphatic heterocycles. The van der Waals surface area contributed by atoms with Crippen molar-refractivity contribution in [2.45, 2.75) is 45.8 Å². The van der Waals surface area contributed by atoms with Gasteiger partial charge in [0.15, 0.2) is 11.6 Å². The molecule has 0 saturated carbocycles. The van der Waals surface area contributed by atoms with Crippen LogP contribution in [0.25, 0.3) is 5.69 Å². The average Bonchev–Trinajstić information content (AvgIpc) is 3.23. The minimum Gasteiger partial charge on any atom is -0.435 e. The third-order valence-electron chi connectivity index (χ3n) is 5.81. The van der Waals surface area contributed by atoms with Crippen LogP contribution in [0.5, 0.6) is 11.6 Å². The highest BCUT2D eigenvalue weighted by atomic mass is 19.1. The summed E-state index contributed by atoms with van der Waals surface area (Å²) < 4.78 is 33.4. The van der Waals surface area contributed by atoms with Crippen molar-refractivity contribution < 1.29 is 23.7 Å². The first-order chi connectivity index (χ1) is 17.6. The molecular formula is C28H38FN3O4. The maximum Gasteiger partial charge on any atom is 0.227 e. The van der Waals surface area contributed by atoms with Crippen LogP contribution >= 0.6 is 0 Å². The molecule has 1 atom stereocenters. The van der Waals surface area contributed by atoms with Crippen LogP contribution < -0.4 is 4.74 Å². The largest absolute Gasteiger partial charge is 0.435 e. The molecule has 196 valence electrons. The van der Waals surface area contributed by atoms with Crippen LogP contribution in [0.1, 0.15) is 37.9 Å². The molecule has 0 bridgehead atoms. The van der Waals surface area contributed by atoms with Gasteiger partial charge in [0.05, 0.1) is 36.3 Å². The Morgan fingerprint density at radius 2 is 1.81 bits per heavy atom. The minimum absolute atomic E-state index is 0.131. The summed E-state index contributed by atoms with van der Waals surface area (Å²) >= 11 is 0. The topological polar surface area (TPSA) is 69.0 Å². The van der Waals surface area contributed by atoms with Gasteiger partial charge in [-0.15, -0.1) is 0 Å². The van der Waals surface area contributed by atoms with Crippen LogP contribution in [0.2, 0.25) is 0 Å². The van der Waals surface area contributed by atoms with E-state index in [1.165, 1.54) is 6.07 Å². The van der Waals surface area contributed by atoms with Gasteiger partial charge in [0.2, 0.25) is 5.88 Å². The van der Waals surface area contributed by atoms with Crippen LogP contribution in [-0.2, 0) is 22.4 Å². The number of aryl methyl sites for hydroxylation is 1. The summed E-state index contributed by atoms with van der Waals surface area (Å²) in [4.78, 5) is 2.09. The number of hydrogen-bond donors (Lipinski definition) is 1. The number of para-hydroxylation sites is 2. The van der Waals surface area contributed by atoms with E-state index >= 15 is 0 Å². The first-order valence-corrected chi connectivity index (χ1v) is 12.6. The second kappa shape index (κ2) is 14.7. The van der Waals surface area contributed by atoms with Gasteiger partial charge in [0.25, 0.3) is 0 Å². The van der Waals surface area contributed by atoms with Crippen molar-refractivity contribution >= 4 is 0 Å². The smallest absolute Gasteiger partial charge is 0.227 e. The maximum absolute atomic E-state index is 14.6. The standard InChI is InChI=1S/C28H38FN3O4/c1-4-6-17-35-21-23(33)19-31(16-18-34-3)20-24-26(5-2)30-32(22-12-8-7-9-13-22)28(24)36-27-15-11-10-14-25(27)29/h7-15,23,33H,4-6,16-21H2,1-3H3. The zero-order valence-electron chi connectivity index (χ0n) is 21.5. The molecule has 3 aromatic rings. The molecule has 0 radical (unpaired) electrons. The molecular weight excluding hydrogens is 461 g/mol. The summed E-state index contributed by atoms with van der Waals surface area (Å²) in [5.41, 5.74) is 2.51. The highest BCUT2D eigenvalue weighted by Crippen LogP contribution is 2.33. The lowest BCUT2D eigenvalue weighted by Gasteiger charge is -2.25. The summed E-state index contributed by atoms with van der Waals surface area (Å²) in [6.07, 6.45) is 2.04. The summed E-state index contributed by atoms with van der Waals surface area (Å²) in [5, 5.41) is 15.5. The minimum atomic E-state index is -0.649. The molecule has 1 unspecified atom stereocenters. The Balaban J connectivity index is 1.93. The van der Waals surface area contributed by atoms with E-state index in [1.54, 1.807) is 30.0 Å². The fourth-order valence-electron chi connectivity index (χ4n) is 3.90. The van der Waals surface area contributed by atoms with Gasteiger partial charge in [-0.25, -0.2) is 9.07 Å². The van der Waals surface area contributed by atoms with Gasteiger partial charge < -0.3 is 19.3 Å². The number of methoxy groups -OCH3 is 1. The van der Waals surface area contributed by atoms with Crippen LogP contribution in [0, 0.1) is 5.82 Å². The quantitative estimate of drug-likeness (QED) is 0.280. The second-order valence-corrected chi connectivity index (χ2v) is 8.67. The fourth-order valence-corrected chi connectivity index (χ4v) is 3.90. The lowest BCUT2D eigenvalue weighted by molar-refractivity contribution is 0.0100. The zero-order chi connectivity index (χ0) is 25.8. The molecule has 0 spiro atoms. The van der Waals surface area contributed by atoms with Gasteiger partial charge in [-0.1, -0.05) is 50.6 Å². The summed E-state index contributed by atoms with van der Waals surface area (Å²) in [5.74, 6) is 0.142. The predicted octanol–water partition coefficient (Wildman–Crippen LogP) is 4.99. The van der Waals surface area contributed by atoms with E-state index in [0.717, 1.165) is 29.8 Å². The average molecular weight is 500 g/mol. The van der Waals surface area contributed by atoms with Gasteiger partial charge in [-0.2, -0.15) is 5.10 Å². The Morgan fingerprint density at radius 1 is 1.06 bits per heavy atom. The third-order valence-corrected chi connectivity index (χ3v) is 5.81. The van der Waals surface area contributed by atoms with E-state index in [9.17, 15) is 9.50 Å². The molecule has 36 heavy (non-hydrogen) atoms. The Hall–Kier alpha value is -2.78. The molecule has 0 aliphatic carbocycles. The predicted molar refractivity (Wildman–Crippen MR) is 138 cm³/mol. The Kier molecular flexibility index (Phi) is 11.4. The van der Waals surface area contributed by atoms with Crippen molar-refractivity contribution in [3.05, 3.63) is 71.7 Å². The monoisotopic (exact) mass is 499 g/mol. The molecule has 1 aromatic heterocycles. The van der Waals surface area contributed by atoms with Crippen molar-refractivity contribution in [3.8, 4) is 17.3 Å². The number of hydrogen-bond acceptors (Lipinski definition) is 6. The fraction of sp³-hybridized carbons (Fsp3) is 0.464. The van der Waals surface area contributed by atoms with Crippen molar-refractivity contribution in [1.82, 2.24) is 14.7 Å². The number of aliphatic hydroxyl groups is 1. The Morgan fingerprint density at radius 3 is 2.50 bits per heavy atom. The highest BCUT2D eigenvalue weighted by molar-refractivity contribution is 5.44. The van der Waals surface area contributed by atoms with Gasteiger partial charge >= 0.3 is 0 Å². The second-order valence-electron chi connectivity index (χ2n) is 8.67. The molecule has 0 aliphatic rings. The number of unbranched alkanes of at least 4 members (excludes halogenated alkanes) is 1. The van der Waals surface area contributed by atoms with Crippen LogP contribution in [0.3, 0.4) is 0 Å². The molecule has 7 nitrogen and oxygen atoms in total. The number of halogens is 1. The lowest BCUT2D eigenvalue weighted by Crippen LogP contribution is -2.37. The normalized spacial score (nSPS) is 12.3. The third kappa shape index (κ3) is 7.86. The van der Waals surface area contributed by atoms with Gasteiger partial charge in [-0.05, 0) is 37.1 Å². The highest BCUT2D eigenvalue weighted by Gasteiger charge is 2.24. The number of ether oxygens (including phenoxy) is 3. The van der Waals surface area contributed by atoms with Crippen molar-refractivity contribution in [2.75, 3.05) is 40.0 Å². The molecule has 3 rings (SSSR count). The molecule has 0 saturated heterocycles. The van der Waals surface area contributed by atoms with E-state index in [0.29, 0.717) is 45.1 Å². The van der Waals surface area contributed by atoms with Crippen molar-refractivity contribution in [3.63, 3.8) is 0 Å². The number of aromatic nitrogens is 2. The molecule has 8 heteroatoms. The van der Waals surface area contributed by atoms with Crippen LogP contribution in [0.15, 0.2) is 54.6 Å². The summed E-state index contributed by atoms with van der Waals surface area (Å²) in [6.45, 7) is 6.99. The molecule has 2 aromatic carbocycles. The number of aliphatic hydroxyl groups excluding tert-OH is 1. The van der Waals surface area contributed by atoms with E-state index in [1.807, 2.05) is 37.3 Å². The van der Waals surface area contributed by atoms with E-state index in [2.05, 4.69) is 11.8 Å². The van der Waals surface area contributed by atoms with E-state index in [-0.39, 0.29) is 12.4 Å². The Labute approximate surface area is 213 Å². The van der Waals surface area contributed by atoms with Crippen LogP contribution in [-0.4, -0.2) is 65.9 Å². The molecule has 0 amide bonds.